The molecule has 7 heteroatoms. The maximum absolute atomic E-state index is 12.5. The number of nitrogens with one attached hydrogen (secondary N) is 2. The summed E-state index contributed by atoms with van der Waals surface area (Å²) < 4.78 is 10.4. The van der Waals surface area contributed by atoms with Crippen LogP contribution >= 0.6 is 11.8 Å². The topological polar surface area (TPSA) is 80.6 Å². The molecule has 0 radical (unpaired) electrons. The number of furan rings is 1. The molecule has 1 aromatic heterocycles. The number of methoxy groups -OCH3 is 1. The lowest BCUT2D eigenvalue weighted by Crippen LogP contribution is -2.46. The molecule has 0 bridgehead atoms. The van der Waals surface area contributed by atoms with Gasteiger partial charge in [-0.15, -0.1) is 0 Å². The van der Waals surface area contributed by atoms with Crippen molar-refractivity contribution >= 4 is 23.6 Å². The Morgan fingerprint density at radius 1 is 1.24 bits per heavy atom. The Balaban J connectivity index is 1.98. The molecule has 0 spiro atoms. The van der Waals surface area contributed by atoms with E-state index in [1.54, 1.807) is 31.0 Å². The van der Waals surface area contributed by atoms with Gasteiger partial charge in [0.15, 0.2) is 5.76 Å². The van der Waals surface area contributed by atoms with E-state index in [0.29, 0.717) is 18.7 Å². The fourth-order valence-corrected chi connectivity index (χ4v) is 2.77. The summed E-state index contributed by atoms with van der Waals surface area (Å²) in [6.45, 7) is 0.329. The van der Waals surface area contributed by atoms with Crippen molar-refractivity contribution in [3.05, 3.63) is 54.0 Å². The molecule has 1 atom stereocenters. The van der Waals surface area contributed by atoms with E-state index in [2.05, 4.69) is 10.6 Å². The van der Waals surface area contributed by atoms with Gasteiger partial charge in [0.05, 0.1) is 13.4 Å². The summed E-state index contributed by atoms with van der Waals surface area (Å²) in [4.78, 5) is 24.7. The van der Waals surface area contributed by atoms with Crippen LogP contribution in [0.15, 0.2) is 47.1 Å². The highest BCUT2D eigenvalue weighted by atomic mass is 32.2. The highest BCUT2D eigenvalue weighted by Gasteiger charge is 2.22. The molecule has 2 aromatic rings. The summed E-state index contributed by atoms with van der Waals surface area (Å²) in [5.41, 5.74) is 0.874. The van der Waals surface area contributed by atoms with Crippen molar-refractivity contribution in [3.63, 3.8) is 0 Å². The van der Waals surface area contributed by atoms with Gasteiger partial charge < -0.3 is 19.8 Å². The second-order valence-electron chi connectivity index (χ2n) is 5.31. The summed E-state index contributed by atoms with van der Waals surface area (Å²) >= 11 is 1.62. The fraction of sp³-hybridized carbons (Fsp3) is 0.333. The Morgan fingerprint density at radius 2 is 2.04 bits per heavy atom. The third-order valence-corrected chi connectivity index (χ3v) is 4.27. The molecule has 0 unspecified atom stereocenters. The maximum Gasteiger partial charge on any atom is 0.287 e. The van der Waals surface area contributed by atoms with Gasteiger partial charge in [-0.05, 0) is 36.6 Å². The average molecular weight is 362 g/mol. The second kappa shape index (κ2) is 9.78. The van der Waals surface area contributed by atoms with Crippen LogP contribution in [0.5, 0.6) is 5.75 Å². The number of benzene rings is 1. The quantitative estimate of drug-likeness (QED) is 0.716. The van der Waals surface area contributed by atoms with E-state index < -0.39 is 11.9 Å². The predicted octanol–water partition coefficient (Wildman–Crippen LogP) is 2.46. The zero-order valence-electron chi connectivity index (χ0n) is 14.3. The van der Waals surface area contributed by atoms with Crippen molar-refractivity contribution in [1.82, 2.24) is 10.6 Å². The smallest absolute Gasteiger partial charge is 0.287 e. The Morgan fingerprint density at radius 3 is 2.72 bits per heavy atom. The number of amides is 2. The molecule has 2 N–H and O–H groups in total. The van der Waals surface area contributed by atoms with Crippen molar-refractivity contribution in [3.8, 4) is 5.75 Å². The first-order chi connectivity index (χ1) is 12.2. The number of para-hydroxylation sites is 1. The SMILES string of the molecule is COc1ccccc1CNC(=O)[C@@H](CCSC)NC(=O)c1ccco1. The molecular formula is C18H22N2O4S. The van der Waals surface area contributed by atoms with Crippen LogP contribution in [-0.2, 0) is 11.3 Å². The lowest BCUT2D eigenvalue weighted by Gasteiger charge is -2.18. The van der Waals surface area contributed by atoms with E-state index in [0.717, 1.165) is 11.3 Å². The van der Waals surface area contributed by atoms with Crippen LogP contribution in [0.3, 0.4) is 0 Å². The summed E-state index contributed by atoms with van der Waals surface area (Å²) in [5, 5.41) is 5.59. The molecule has 0 saturated heterocycles. The molecule has 1 heterocycles. The molecule has 25 heavy (non-hydrogen) atoms. The van der Waals surface area contributed by atoms with Gasteiger partial charge in [-0.2, -0.15) is 11.8 Å². The van der Waals surface area contributed by atoms with Gasteiger partial charge in [0.1, 0.15) is 11.8 Å². The Kier molecular flexibility index (Phi) is 7.40. The van der Waals surface area contributed by atoms with Gasteiger partial charge in [-0.1, -0.05) is 18.2 Å². The second-order valence-corrected chi connectivity index (χ2v) is 6.30. The number of carbonyl (C=O) groups is 2. The molecule has 1 aromatic carbocycles. The summed E-state index contributed by atoms with van der Waals surface area (Å²) in [6.07, 6.45) is 3.91. The standard InChI is InChI=1S/C18H22N2O4S/c1-23-15-7-4-3-6-13(15)12-19-17(21)14(9-11-25-2)20-18(22)16-8-5-10-24-16/h3-8,10,14H,9,11-12H2,1-2H3,(H,19,21)(H,20,22)/t14-/m1/s1. The molecule has 0 saturated carbocycles. The molecule has 134 valence electrons. The van der Waals surface area contributed by atoms with E-state index in [1.807, 2.05) is 30.5 Å². The molecular weight excluding hydrogens is 340 g/mol. The molecule has 0 aliphatic carbocycles. The van der Waals surface area contributed by atoms with Crippen LogP contribution in [0.4, 0.5) is 0 Å². The fourth-order valence-electron chi connectivity index (χ4n) is 2.30. The van der Waals surface area contributed by atoms with Gasteiger partial charge >= 0.3 is 0 Å². The van der Waals surface area contributed by atoms with Gasteiger partial charge in [0.2, 0.25) is 5.91 Å². The van der Waals surface area contributed by atoms with E-state index in [1.165, 1.54) is 6.26 Å². The normalized spacial score (nSPS) is 11.6. The molecule has 6 nitrogen and oxygen atoms in total. The van der Waals surface area contributed by atoms with Crippen LogP contribution in [-0.4, -0.2) is 37.0 Å². The van der Waals surface area contributed by atoms with Gasteiger partial charge in [0.25, 0.3) is 5.91 Å². The van der Waals surface area contributed by atoms with Crippen molar-refractivity contribution < 1.29 is 18.7 Å². The summed E-state index contributed by atoms with van der Waals surface area (Å²) in [7, 11) is 1.59. The van der Waals surface area contributed by atoms with Crippen LogP contribution in [0, 0.1) is 0 Å². The molecule has 0 aliphatic rings. The zero-order chi connectivity index (χ0) is 18.1. The van der Waals surface area contributed by atoms with Crippen molar-refractivity contribution in [2.75, 3.05) is 19.1 Å². The Labute approximate surface area is 151 Å². The first-order valence-electron chi connectivity index (χ1n) is 7.88. The number of hydrogen-bond donors (Lipinski definition) is 2. The first-order valence-corrected chi connectivity index (χ1v) is 9.28. The van der Waals surface area contributed by atoms with Gasteiger partial charge in [-0.3, -0.25) is 9.59 Å². The number of thioether (sulfide) groups is 1. The Hall–Kier alpha value is -2.41. The lowest BCUT2D eigenvalue weighted by atomic mass is 10.1. The third kappa shape index (κ3) is 5.56. The highest BCUT2D eigenvalue weighted by Crippen LogP contribution is 2.16. The van der Waals surface area contributed by atoms with Crippen molar-refractivity contribution in [2.45, 2.75) is 19.0 Å². The zero-order valence-corrected chi connectivity index (χ0v) is 15.1. The van der Waals surface area contributed by atoms with E-state index >= 15 is 0 Å². The van der Waals surface area contributed by atoms with Crippen molar-refractivity contribution in [1.29, 1.82) is 0 Å². The molecule has 0 fully saturated rings. The van der Waals surface area contributed by atoms with Crippen LogP contribution < -0.4 is 15.4 Å². The number of ether oxygens (including phenoxy) is 1. The van der Waals surface area contributed by atoms with E-state index in [9.17, 15) is 9.59 Å². The lowest BCUT2D eigenvalue weighted by molar-refractivity contribution is -0.123. The highest BCUT2D eigenvalue weighted by molar-refractivity contribution is 7.98. The summed E-state index contributed by atoms with van der Waals surface area (Å²) in [6, 6.07) is 10.0. The predicted molar refractivity (Wildman–Crippen MR) is 97.8 cm³/mol. The van der Waals surface area contributed by atoms with Crippen molar-refractivity contribution in [2.24, 2.45) is 0 Å². The molecule has 2 amide bonds. The monoisotopic (exact) mass is 362 g/mol. The van der Waals surface area contributed by atoms with Crippen LogP contribution in [0.1, 0.15) is 22.5 Å². The molecule has 0 aliphatic heterocycles. The number of hydrogen-bond acceptors (Lipinski definition) is 5. The van der Waals surface area contributed by atoms with E-state index in [-0.39, 0.29) is 11.7 Å². The first kappa shape index (κ1) is 18.9. The van der Waals surface area contributed by atoms with Gasteiger partial charge in [-0.25, -0.2) is 0 Å². The van der Waals surface area contributed by atoms with E-state index in [4.69, 9.17) is 9.15 Å². The van der Waals surface area contributed by atoms with Gasteiger partial charge in [0, 0.05) is 12.1 Å². The third-order valence-electron chi connectivity index (χ3n) is 3.62. The number of rotatable bonds is 9. The molecule has 2 rings (SSSR count). The van der Waals surface area contributed by atoms with Crippen LogP contribution in [0.2, 0.25) is 0 Å². The largest absolute Gasteiger partial charge is 0.496 e. The average Bonchev–Trinajstić information content (AvgIpc) is 3.18. The minimum atomic E-state index is -0.625. The Bertz CT molecular complexity index is 688. The summed E-state index contributed by atoms with van der Waals surface area (Å²) in [5.74, 6) is 1.02. The minimum absolute atomic E-state index is 0.187. The van der Waals surface area contributed by atoms with Crippen LogP contribution in [0.25, 0.3) is 0 Å². The maximum atomic E-state index is 12.5. The minimum Gasteiger partial charge on any atom is -0.496 e. The number of carbonyl (C=O) groups excluding carboxylic acids is 2.